The second-order valence-corrected chi connectivity index (χ2v) is 7.41. The van der Waals surface area contributed by atoms with E-state index < -0.39 is 5.54 Å². The highest BCUT2D eigenvalue weighted by molar-refractivity contribution is 5.80. The third-order valence-electron chi connectivity index (χ3n) is 5.14. The average molecular weight is 296 g/mol. The molecule has 0 aromatic rings. The van der Waals surface area contributed by atoms with Gasteiger partial charge in [-0.15, -0.1) is 0 Å². The number of rotatable bonds is 8. The smallest absolute Gasteiger partial charge is 0.325 e. The SMILES string of the molecule is COC(=O)C(C)(CCCCN1CC2CCC1C2)NC(C)C. The zero-order valence-corrected chi connectivity index (χ0v) is 14.2. The summed E-state index contributed by atoms with van der Waals surface area (Å²) in [7, 11) is 1.48. The van der Waals surface area contributed by atoms with Crippen molar-refractivity contribution in [2.24, 2.45) is 5.92 Å². The number of hydrogen-bond donors (Lipinski definition) is 1. The quantitative estimate of drug-likeness (QED) is 0.552. The molecule has 3 atom stereocenters. The Bertz CT molecular complexity index is 359. The van der Waals surface area contributed by atoms with Gasteiger partial charge in [0.25, 0.3) is 0 Å². The van der Waals surface area contributed by atoms with Crippen LogP contribution in [-0.2, 0) is 9.53 Å². The van der Waals surface area contributed by atoms with E-state index in [-0.39, 0.29) is 12.0 Å². The Hall–Kier alpha value is -0.610. The maximum absolute atomic E-state index is 12.0. The number of unbranched alkanes of at least 4 members (excludes halogenated alkanes) is 1. The van der Waals surface area contributed by atoms with Gasteiger partial charge in [-0.05, 0) is 71.8 Å². The summed E-state index contributed by atoms with van der Waals surface area (Å²) in [5.74, 6) is 0.828. The van der Waals surface area contributed by atoms with Gasteiger partial charge in [0.2, 0.25) is 0 Å². The molecule has 1 saturated carbocycles. The Balaban J connectivity index is 1.73. The molecule has 0 amide bonds. The summed E-state index contributed by atoms with van der Waals surface area (Å²) in [6, 6.07) is 1.14. The molecule has 1 N–H and O–H groups in total. The third-order valence-corrected chi connectivity index (χ3v) is 5.14. The minimum atomic E-state index is -0.549. The molecule has 0 aromatic carbocycles. The Kier molecular flexibility index (Phi) is 5.67. The van der Waals surface area contributed by atoms with Crippen molar-refractivity contribution in [3.05, 3.63) is 0 Å². The summed E-state index contributed by atoms with van der Waals surface area (Å²) >= 11 is 0. The van der Waals surface area contributed by atoms with Crippen molar-refractivity contribution < 1.29 is 9.53 Å². The number of carbonyl (C=O) groups is 1. The molecule has 4 nitrogen and oxygen atoms in total. The molecule has 0 aromatic heterocycles. The van der Waals surface area contributed by atoms with Gasteiger partial charge in [-0.2, -0.15) is 0 Å². The molecule has 2 bridgehead atoms. The van der Waals surface area contributed by atoms with Crippen LogP contribution in [0, 0.1) is 5.92 Å². The van der Waals surface area contributed by atoms with Gasteiger partial charge in [0.15, 0.2) is 0 Å². The van der Waals surface area contributed by atoms with E-state index >= 15 is 0 Å². The van der Waals surface area contributed by atoms with E-state index in [9.17, 15) is 4.79 Å². The highest BCUT2D eigenvalue weighted by atomic mass is 16.5. The number of esters is 1. The number of piperidine rings is 1. The van der Waals surface area contributed by atoms with E-state index in [1.165, 1.54) is 45.9 Å². The third kappa shape index (κ3) is 4.19. The molecule has 2 fully saturated rings. The number of methoxy groups -OCH3 is 1. The minimum Gasteiger partial charge on any atom is -0.468 e. The van der Waals surface area contributed by atoms with Gasteiger partial charge in [0.05, 0.1) is 7.11 Å². The first-order chi connectivity index (χ1) is 9.94. The van der Waals surface area contributed by atoms with Crippen molar-refractivity contribution in [2.45, 2.75) is 76.9 Å². The van der Waals surface area contributed by atoms with Gasteiger partial charge >= 0.3 is 5.97 Å². The van der Waals surface area contributed by atoms with E-state index in [1.807, 2.05) is 6.92 Å². The largest absolute Gasteiger partial charge is 0.468 e. The van der Waals surface area contributed by atoms with Gasteiger partial charge in [-0.3, -0.25) is 10.1 Å². The van der Waals surface area contributed by atoms with E-state index in [4.69, 9.17) is 4.74 Å². The summed E-state index contributed by atoms with van der Waals surface area (Å²) in [6.07, 6.45) is 7.36. The van der Waals surface area contributed by atoms with Crippen LogP contribution >= 0.6 is 0 Å². The van der Waals surface area contributed by atoms with E-state index in [1.54, 1.807) is 0 Å². The van der Waals surface area contributed by atoms with Crippen molar-refractivity contribution in [2.75, 3.05) is 20.2 Å². The van der Waals surface area contributed by atoms with Gasteiger partial charge < -0.3 is 9.64 Å². The van der Waals surface area contributed by atoms with Gasteiger partial charge in [0.1, 0.15) is 5.54 Å². The summed E-state index contributed by atoms with van der Waals surface area (Å²) in [5, 5.41) is 3.37. The predicted octanol–water partition coefficient (Wildman–Crippen LogP) is 2.57. The Labute approximate surface area is 129 Å². The molecule has 4 heteroatoms. The number of fused-ring (bicyclic) bond motifs is 2. The maximum atomic E-state index is 12.0. The molecular weight excluding hydrogens is 264 g/mol. The predicted molar refractivity (Wildman–Crippen MR) is 85.2 cm³/mol. The molecular formula is C17H32N2O2. The highest BCUT2D eigenvalue weighted by Gasteiger charge is 2.37. The van der Waals surface area contributed by atoms with E-state index in [0.29, 0.717) is 0 Å². The average Bonchev–Trinajstić information content (AvgIpc) is 3.04. The molecule has 0 spiro atoms. The molecule has 3 unspecified atom stereocenters. The normalized spacial score (nSPS) is 28.0. The lowest BCUT2D eigenvalue weighted by Gasteiger charge is -2.31. The molecule has 2 rings (SSSR count). The maximum Gasteiger partial charge on any atom is 0.325 e. The Morgan fingerprint density at radius 2 is 2.14 bits per heavy atom. The zero-order valence-electron chi connectivity index (χ0n) is 14.2. The first-order valence-corrected chi connectivity index (χ1v) is 8.55. The Morgan fingerprint density at radius 1 is 1.38 bits per heavy atom. The number of hydrogen-bond acceptors (Lipinski definition) is 4. The molecule has 1 heterocycles. The lowest BCUT2D eigenvalue weighted by Crippen LogP contribution is -2.53. The van der Waals surface area contributed by atoms with Gasteiger partial charge in [-0.25, -0.2) is 0 Å². The second-order valence-electron chi connectivity index (χ2n) is 7.41. The number of nitrogens with zero attached hydrogens (tertiary/aromatic N) is 1. The van der Waals surface area contributed by atoms with E-state index in [0.717, 1.165) is 24.8 Å². The minimum absolute atomic E-state index is 0.142. The molecule has 122 valence electrons. The van der Waals surface area contributed by atoms with Crippen LogP contribution in [0.25, 0.3) is 0 Å². The van der Waals surface area contributed by atoms with Crippen LogP contribution in [0.3, 0.4) is 0 Å². The van der Waals surface area contributed by atoms with Crippen molar-refractivity contribution in [1.82, 2.24) is 10.2 Å². The fraction of sp³-hybridized carbons (Fsp3) is 0.941. The van der Waals surface area contributed by atoms with Crippen molar-refractivity contribution in [1.29, 1.82) is 0 Å². The molecule has 1 aliphatic carbocycles. The molecule has 21 heavy (non-hydrogen) atoms. The summed E-state index contributed by atoms with van der Waals surface area (Å²) < 4.78 is 4.98. The summed E-state index contributed by atoms with van der Waals surface area (Å²) in [6.45, 7) is 8.62. The second kappa shape index (κ2) is 7.10. The topological polar surface area (TPSA) is 41.6 Å². The van der Waals surface area contributed by atoms with Crippen LogP contribution in [0.5, 0.6) is 0 Å². The standard InChI is InChI=1S/C17H32N2O2/c1-13(2)18-17(3,16(20)21-4)9-5-6-10-19-12-14-7-8-15(19)11-14/h13-15,18H,5-12H2,1-4H3. The highest BCUT2D eigenvalue weighted by Crippen LogP contribution is 2.37. The molecule has 1 aliphatic heterocycles. The number of ether oxygens (including phenoxy) is 1. The van der Waals surface area contributed by atoms with Crippen LogP contribution in [0.15, 0.2) is 0 Å². The number of nitrogens with one attached hydrogen (secondary N) is 1. The van der Waals surface area contributed by atoms with E-state index in [2.05, 4.69) is 24.1 Å². The van der Waals surface area contributed by atoms with Crippen molar-refractivity contribution in [3.63, 3.8) is 0 Å². The Morgan fingerprint density at radius 3 is 2.67 bits per heavy atom. The number of carbonyl (C=O) groups excluding carboxylic acids is 1. The van der Waals surface area contributed by atoms with Crippen molar-refractivity contribution in [3.8, 4) is 0 Å². The number of likely N-dealkylation sites (tertiary alicyclic amines) is 1. The summed E-state index contributed by atoms with van der Waals surface area (Å²) in [4.78, 5) is 14.7. The van der Waals surface area contributed by atoms with Crippen LogP contribution < -0.4 is 5.32 Å². The van der Waals surface area contributed by atoms with Gasteiger partial charge in [-0.1, -0.05) is 0 Å². The molecule has 2 aliphatic rings. The lowest BCUT2D eigenvalue weighted by molar-refractivity contribution is -0.148. The molecule has 0 radical (unpaired) electrons. The van der Waals surface area contributed by atoms with Crippen LogP contribution in [0.1, 0.15) is 59.3 Å². The monoisotopic (exact) mass is 296 g/mol. The van der Waals surface area contributed by atoms with Gasteiger partial charge in [0, 0.05) is 18.6 Å². The zero-order chi connectivity index (χ0) is 15.5. The molecule has 1 saturated heterocycles. The fourth-order valence-corrected chi connectivity index (χ4v) is 4.19. The fourth-order valence-electron chi connectivity index (χ4n) is 4.19. The van der Waals surface area contributed by atoms with Crippen LogP contribution in [0.4, 0.5) is 0 Å². The van der Waals surface area contributed by atoms with Crippen molar-refractivity contribution >= 4 is 5.97 Å². The lowest BCUT2D eigenvalue weighted by atomic mass is 9.93. The van der Waals surface area contributed by atoms with Crippen LogP contribution in [0.2, 0.25) is 0 Å². The first-order valence-electron chi connectivity index (χ1n) is 8.55. The van der Waals surface area contributed by atoms with Crippen LogP contribution in [-0.4, -0.2) is 48.7 Å². The summed E-state index contributed by atoms with van der Waals surface area (Å²) in [5.41, 5.74) is -0.549. The first kappa shape index (κ1) is 16.8.